The van der Waals surface area contributed by atoms with Crippen molar-refractivity contribution in [2.45, 2.75) is 39.2 Å². The van der Waals surface area contributed by atoms with E-state index in [0.717, 1.165) is 29.8 Å². The number of rotatable bonds is 4. The van der Waals surface area contributed by atoms with Gasteiger partial charge in [-0.25, -0.2) is 9.97 Å². The van der Waals surface area contributed by atoms with Gasteiger partial charge in [-0.15, -0.1) is 0 Å². The molecule has 28 heavy (non-hydrogen) atoms. The lowest BCUT2D eigenvalue weighted by atomic mass is 9.91. The molecule has 1 aliphatic heterocycles. The molecule has 1 saturated heterocycles. The molecule has 1 fully saturated rings. The molecule has 1 amide bonds. The fourth-order valence-corrected chi connectivity index (χ4v) is 4.03. The second-order valence-corrected chi connectivity index (χ2v) is 7.89. The molecule has 0 aliphatic carbocycles. The fraction of sp³-hybridized carbons (Fsp3) is 0.500. The van der Waals surface area contributed by atoms with E-state index < -0.39 is 0 Å². The second-order valence-electron chi connectivity index (χ2n) is 7.89. The molecule has 3 aromatic rings. The molecule has 0 radical (unpaired) electrons. The van der Waals surface area contributed by atoms with Crippen LogP contribution in [0.2, 0.25) is 0 Å². The summed E-state index contributed by atoms with van der Waals surface area (Å²) < 4.78 is 5.31. The second kappa shape index (κ2) is 7.26. The third-order valence-corrected chi connectivity index (χ3v) is 5.72. The third kappa shape index (κ3) is 3.12. The average Bonchev–Trinajstić information content (AvgIpc) is 3.36. The number of piperidine rings is 1. The van der Waals surface area contributed by atoms with Crippen LogP contribution in [0.15, 0.2) is 29.3 Å². The first-order valence-corrected chi connectivity index (χ1v) is 9.72. The Balaban J connectivity index is 1.59. The van der Waals surface area contributed by atoms with E-state index in [0.29, 0.717) is 23.8 Å². The predicted molar refractivity (Wildman–Crippen MR) is 106 cm³/mol. The van der Waals surface area contributed by atoms with Crippen molar-refractivity contribution in [3.8, 4) is 0 Å². The number of aromatic amines is 1. The number of carbonyl (C=O) groups excluding carboxylic acids is 1. The van der Waals surface area contributed by atoms with E-state index in [2.05, 4.69) is 31.9 Å². The number of likely N-dealkylation sites (tertiary alicyclic amines) is 1. The van der Waals surface area contributed by atoms with Gasteiger partial charge in [-0.1, -0.05) is 25.9 Å². The van der Waals surface area contributed by atoms with Crippen LogP contribution < -0.4 is 4.90 Å². The predicted octanol–water partition coefficient (Wildman–Crippen LogP) is 3.06. The summed E-state index contributed by atoms with van der Waals surface area (Å²) in [4.78, 5) is 29.2. The minimum Gasteiger partial charge on any atom is -0.360 e. The lowest BCUT2D eigenvalue weighted by molar-refractivity contribution is 0.0667. The number of nitrogens with one attached hydrogen (secondary N) is 1. The Morgan fingerprint density at radius 2 is 2.21 bits per heavy atom. The van der Waals surface area contributed by atoms with E-state index >= 15 is 0 Å². The Morgan fingerprint density at radius 3 is 3.00 bits per heavy atom. The summed E-state index contributed by atoms with van der Waals surface area (Å²) in [6, 6.07) is 2.15. The minimum atomic E-state index is -0.00951. The van der Waals surface area contributed by atoms with Crippen molar-refractivity contribution in [2.24, 2.45) is 5.92 Å². The number of nitrogens with zero attached hydrogens (tertiary/aromatic N) is 5. The summed E-state index contributed by atoms with van der Waals surface area (Å²) in [5, 5.41) is 4.84. The lowest BCUT2D eigenvalue weighted by Gasteiger charge is -2.42. The van der Waals surface area contributed by atoms with Crippen molar-refractivity contribution in [2.75, 3.05) is 25.0 Å². The third-order valence-electron chi connectivity index (χ3n) is 5.72. The first-order valence-electron chi connectivity index (χ1n) is 9.72. The van der Waals surface area contributed by atoms with Crippen LogP contribution in [-0.2, 0) is 0 Å². The molecule has 0 spiro atoms. The van der Waals surface area contributed by atoms with Crippen LogP contribution in [-0.4, -0.2) is 57.1 Å². The van der Waals surface area contributed by atoms with Gasteiger partial charge in [0.2, 0.25) is 0 Å². The van der Waals surface area contributed by atoms with Gasteiger partial charge < -0.3 is 19.3 Å². The van der Waals surface area contributed by atoms with Crippen LogP contribution in [0, 0.1) is 5.92 Å². The highest BCUT2D eigenvalue weighted by Gasteiger charge is 2.34. The van der Waals surface area contributed by atoms with Crippen molar-refractivity contribution < 1.29 is 9.32 Å². The number of amides is 1. The molecule has 4 rings (SSSR count). The molecule has 148 valence electrons. The van der Waals surface area contributed by atoms with E-state index in [-0.39, 0.29) is 17.9 Å². The number of likely N-dealkylation sites (N-methyl/N-ethyl adjacent to an activating group) is 1. The van der Waals surface area contributed by atoms with Crippen molar-refractivity contribution in [1.82, 2.24) is 25.0 Å². The van der Waals surface area contributed by atoms with Crippen molar-refractivity contribution in [3.63, 3.8) is 0 Å². The van der Waals surface area contributed by atoms with Gasteiger partial charge in [-0.3, -0.25) is 4.79 Å². The molecule has 2 atom stereocenters. The molecule has 8 nitrogen and oxygen atoms in total. The number of hydrogen-bond acceptors (Lipinski definition) is 6. The van der Waals surface area contributed by atoms with Crippen molar-refractivity contribution in [1.29, 1.82) is 0 Å². The van der Waals surface area contributed by atoms with Gasteiger partial charge in [0.15, 0.2) is 5.76 Å². The van der Waals surface area contributed by atoms with Gasteiger partial charge in [-0.05, 0) is 18.4 Å². The van der Waals surface area contributed by atoms with Crippen molar-refractivity contribution >= 4 is 22.8 Å². The maximum Gasteiger partial charge on any atom is 0.259 e. The fourth-order valence-electron chi connectivity index (χ4n) is 4.03. The molecule has 1 unspecified atom stereocenters. The van der Waals surface area contributed by atoms with Gasteiger partial charge in [0.1, 0.15) is 23.4 Å². The lowest BCUT2D eigenvalue weighted by Crippen LogP contribution is -2.53. The highest BCUT2D eigenvalue weighted by molar-refractivity contribution is 5.95. The molecule has 1 aliphatic rings. The van der Waals surface area contributed by atoms with Crippen LogP contribution in [0.25, 0.3) is 11.0 Å². The first-order chi connectivity index (χ1) is 13.5. The number of fused-ring (bicyclic) bond motifs is 1. The van der Waals surface area contributed by atoms with Crippen molar-refractivity contribution in [3.05, 3.63) is 36.1 Å². The van der Waals surface area contributed by atoms with Gasteiger partial charge in [0, 0.05) is 32.3 Å². The number of carbonyl (C=O) groups is 1. The van der Waals surface area contributed by atoms with Crippen LogP contribution in [0.3, 0.4) is 0 Å². The Morgan fingerprint density at radius 1 is 1.39 bits per heavy atom. The molecule has 0 bridgehead atoms. The monoisotopic (exact) mass is 382 g/mol. The van der Waals surface area contributed by atoms with Crippen LogP contribution in [0.4, 0.5) is 5.82 Å². The standard InChI is InChI=1S/C20H26N6O2/c1-12(2)17-15(9-24-28-17)20(27)26-8-6-13(3)16(10-26)25(4)19-14-5-7-21-18(14)22-11-23-19/h5,7,9,11-13,16H,6,8,10H2,1-4H3,(H,21,22,23)/t13-,16?/m1/s1. The first kappa shape index (κ1) is 18.5. The highest BCUT2D eigenvalue weighted by Crippen LogP contribution is 2.30. The summed E-state index contributed by atoms with van der Waals surface area (Å²) in [5.41, 5.74) is 1.39. The van der Waals surface area contributed by atoms with E-state index in [9.17, 15) is 4.79 Å². The maximum absolute atomic E-state index is 13.1. The largest absolute Gasteiger partial charge is 0.360 e. The van der Waals surface area contributed by atoms with E-state index in [4.69, 9.17) is 4.52 Å². The van der Waals surface area contributed by atoms with Gasteiger partial charge in [0.25, 0.3) is 5.91 Å². The van der Waals surface area contributed by atoms with Gasteiger partial charge in [0.05, 0.1) is 17.6 Å². The zero-order chi connectivity index (χ0) is 19.8. The Hall–Kier alpha value is -2.90. The Kier molecular flexibility index (Phi) is 4.78. The van der Waals surface area contributed by atoms with Crippen LogP contribution in [0.5, 0.6) is 0 Å². The quantitative estimate of drug-likeness (QED) is 0.746. The smallest absolute Gasteiger partial charge is 0.259 e. The molecular weight excluding hydrogens is 356 g/mol. The van der Waals surface area contributed by atoms with Gasteiger partial charge in [-0.2, -0.15) is 0 Å². The number of H-pyrrole nitrogens is 1. The number of aromatic nitrogens is 4. The molecule has 1 N–H and O–H groups in total. The summed E-state index contributed by atoms with van der Waals surface area (Å²) in [7, 11) is 2.04. The van der Waals surface area contributed by atoms with Crippen LogP contribution >= 0.6 is 0 Å². The van der Waals surface area contributed by atoms with E-state index in [1.54, 1.807) is 12.5 Å². The Labute approximate surface area is 163 Å². The highest BCUT2D eigenvalue weighted by atomic mass is 16.5. The zero-order valence-electron chi connectivity index (χ0n) is 16.7. The van der Waals surface area contributed by atoms with Gasteiger partial charge >= 0.3 is 0 Å². The zero-order valence-corrected chi connectivity index (χ0v) is 16.7. The number of anilines is 1. The minimum absolute atomic E-state index is 0.00951. The number of hydrogen-bond donors (Lipinski definition) is 1. The summed E-state index contributed by atoms with van der Waals surface area (Å²) in [6.45, 7) is 7.61. The Bertz CT molecular complexity index is 978. The molecular formula is C20H26N6O2. The summed E-state index contributed by atoms with van der Waals surface area (Å²) >= 11 is 0. The van der Waals surface area contributed by atoms with E-state index in [1.165, 1.54) is 0 Å². The SMILES string of the molecule is CC(C)c1oncc1C(=O)N1CC[C@@H](C)C(N(C)c2ncnc3[nH]ccc23)C1. The molecule has 0 aromatic carbocycles. The molecule has 8 heteroatoms. The maximum atomic E-state index is 13.1. The molecule has 0 saturated carbocycles. The molecule has 4 heterocycles. The normalized spacial score (nSPS) is 20.1. The average molecular weight is 382 g/mol. The molecule has 3 aromatic heterocycles. The summed E-state index contributed by atoms with van der Waals surface area (Å²) in [5.74, 6) is 2.07. The summed E-state index contributed by atoms with van der Waals surface area (Å²) in [6.07, 6.45) is 5.93. The van der Waals surface area contributed by atoms with Crippen LogP contribution in [0.1, 0.15) is 49.2 Å². The topological polar surface area (TPSA) is 91.2 Å². The van der Waals surface area contributed by atoms with E-state index in [1.807, 2.05) is 38.1 Å².